The van der Waals surface area contributed by atoms with Crippen LogP contribution in [0.5, 0.6) is 0 Å². The first-order valence-corrected chi connectivity index (χ1v) is 10.9. The maximum absolute atomic E-state index is 12.4. The molecule has 0 fully saturated rings. The number of benzene rings is 3. The van der Waals surface area contributed by atoms with Crippen molar-refractivity contribution in [1.82, 2.24) is 5.32 Å². The summed E-state index contributed by atoms with van der Waals surface area (Å²) in [6, 6.07) is 21.7. The van der Waals surface area contributed by atoms with E-state index in [1.165, 1.54) is 11.3 Å². The SMILES string of the molecule is N#CCCNC(=O)c1cccc(-c2ccc3c(c2)N(Cc2cccc(Cl)c2Cl)CC3)c1. The van der Waals surface area contributed by atoms with Crippen molar-refractivity contribution in [2.24, 2.45) is 0 Å². The molecule has 0 radical (unpaired) electrons. The predicted octanol–water partition coefficient (Wildman–Crippen LogP) is 5.87. The lowest BCUT2D eigenvalue weighted by atomic mass is 10.00. The predicted molar refractivity (Wildman–Crippen MR) is 126 cm³/mol. The minimum Gasteiger partial charge on any atom is -0.367 e. The molecular weight excluding hydrogens is 429 g/mol. The van der Waals surface area contributed by atoms with Crippen LogP contribution < -0.4 is 10.2 Å². The van der Waals surface area contributed by atoms with Crippen molar-refractivity contribution < 1.29 is 4.79 Å². The van der Waals surface area contributed by atoms with Gasteiger partial charge in [0, 0.05) is 30.9 Å². The third kappa shape index (κ3) is 4.69. The molecule has 1 aliphatic heterocycles. The van der Waals surface area contributed by atoms with E-state index in [-0.39, 0.29) is 5.91 Å². The fourth-order valence-corrected chi connectivity index (χ4v) is 4.22. The summed E-state index contributed by atoms with van der Waals surface area (Å²) >= 11 is 12.6. The van der Waals surface area contributed by atoms with Crippen LogP contribution in [0.4, 0.5) is 5.69 Å². The Hall–Kier alpha value is -3.00. The van der Waals surface area contributed by atoms with Crippen molar-refractivity contribution in [3.05, 3.63) is 87.4 Å². The average molecular weight is 450 g/mol. The molecule has 0 atom stereocenters. The first kappa shape index (κ1) is 21.2. The highest BCUT2D eigenvalue weighted by Gasteiger charge is 2.21. The van der Waals surface area contributed by atoms with Crippen LogP contribution >= 0.6 is 23.2 Å². The van der Waals surface area contributed by atoms with E-state index >= 15 is 0 Å². The number of hydrogen-bond donors (Lipinski definition) is 1. The van der Waals surface area contributed by atoms with Crippen LogP contribution in [0.2, 0.25) is 10.0 Å². The largest absolute Gasteiger partial charge is 0.367 e. The summed E-state index contributed by atoms with van der Waals surface area (Å²) in [5.74, 6) is -0.171. The van der Waals surface area contributed by atoms with E-state index in [0.717, 1.165) is 29.7 Å². The molecule has 4 nitrogen and oxygen atoms in total. The molecule has 156 valence electrons. The van der Waals surface area contributed by atoms with E-state index in [2.05, 4.69) is 28.4 Å². The number of carbonyl (C=O) groups excluding carboxylic acids is 1. The number of halogens is 2. The van der Waals surface area contributed by atoms with Gasteiger partial charge in [-0.15, -0.1) is 0 Å². The quantitative estimate of drug-likeness (QED) is 0.478. The fourth-order valence-electron chi connectivity index (χ4n) is 3.84. The lowest BCUT2D eigenvalue weighted by molar-refractivity contribution is 0.0954. The van der Waals surface area contributed by atoms with Crippen LogP contribution in [0.1, 0.15) is 27.9 Å². The van der Waals surface area contributed by atoms with Crippen molar-refractivity contribution >= 4 is 34.8 Å². The summed E-state index contributed by atoms with van der Waals surface area (Å²) in [6.07, 6.45) is 1.28. The number of nitrogens with zero attached hydrogens (tertiary/aromatic N) is 2. The van der Waals surface area contributed by atoms with Gasteiger partial charge >= 0.3 is 0 Å². The standard InChI is InChI=1S/C25H21Cl2N3O/c26-22-7-2-6-21(24(22)27)16-30-13-10-17-8-9-19(15-23(17)30)18-4-1-5-20(14-18)25(31)29-12-3-11-28/h1-2,4-9,14-15H,3,10,12-13,16H2,(H,29,31). The number of anilines is 1. The Labute approximate surface area is 192 Å². The molecule has 0 aromatic heterocycles. The molecule has 0 unspecified atom stereocenters. The molecule has 4 rings (SSSR count). The number of amides is 1. The smallest absolute Gasteiger partial charge is 0.251 e. The van der Waals surface area contributed by atoms with E-state index in [4.69, 9.17) is 28.5 Å². The van der Waals surface area contributed by atoms with Crippen molar-refractivity contribution in [2.75, 3.05) is 18.0 Å². The van der Waals surface area contributed by atoms with E-state index in [0.29, 0.717) is 35.1 Å². The van der Waals surface area contributed by atoms with Gasteiger partial charge in [-0.2, -0.15) is 5.26 Å². The molecule has 1 N–H and O–H groups in total. The lowest BCUT2D eigenvalue weighted by Crippen LogP contribution is -2.24. The van der Waals surface area contributed by atoms with E-state index < -0.39 is 0 Å². The van der Waals surface area contributed by atoms with Crippen molar-refractivity contribution in [1.29, 1.82) is 5.26 Å². The van der Waals surface area contributed by atoms with Gasteiger partial charge in [-0.1, -0.05) is 59.6 Å². The van der Waals surface area contributed by atoms with Crippen molar-refractivity contribution in [3.63, 3.8) is 0 Å². The van der Waals surface area contributed by atoms with Crippen LogP contribution in [0.15, 0.2) is 60.7 Å². The molecule has 0 aliphatic carbocycles. The summed E-state index contributed by atoms with van der Waals surface area (Å²) in [5.41, 5.74) is 6.09. The van der Waals surface area contributed by atoms with E-state index in [1.54, 1.807) is 12.1 Å². The van der Waals surface area contributed by atoms with Crippen LogP contribution in [-0.4, -0.2) is 19.0 Å². The molecule has 3 aromatic rings. The third-order valence-corrected chi connectivity index (χ3v) is 6.31. The zero-order valence-electron chi connectivity index (χ0n) is 16.9. The Kier molecular flexibility index (Phi) is 6.46. The molecule has 3 aromatic carbocycles. The summed E-state index contributed by atoms with van der Waals surface area (Å²) in [5, 5.41) is 12.6. The second kappa shape index (κ2) is 9.43. The molecule has 1 amide bonds. The first-order chi connectivity index (χ1) is 15.1. The second-order valence-electron chi connectivity index (χ2n) is 7.47. The number of fused-ring (bicyclic) bond motifs is 1. The van der Waals surface area contributed by atoms with Gasteiger partial charge in [-0.25, -0.2) is 0 Å². The Morgan fingerprint density at radius 1 is 1.06 bits per heavy atom. The number of carbonyl (C=O) groups is 1. The summed E-state index contributed by atoms with van der Waals surface area (Å²) in [6.45, 7) is 1.96. The third-order valence-electron chi connectivity index (χ3n) is 5.45. The molecular formula is C25H21Cl2N3O. The minimum absolute atomic E-state index is 0.171. The molecule has 31 heavy (non-hydrogen) atoms. The molecule has 1 aliphatic rings. The van der Waals surface area contributed by atoms with Crippen LogP contribution in [-0.2, 0) is 13.0 Å². The maximum Gasteiger partial charge on any atom is 0.251 e. The first-order valence-electron chi connectivity index (χ1n) is 10.1. The fraction of sp³-hybridized carbons (Fsp3) is 0.200. The molecule has 0 spiro atoms. The number of rotatable bonds is 6. The van der Waals surface area contributed by atoms with Gasteiger partial charge in [0.1, 0.15) is 0 Å². The highest BCUT2D eigenvalue weighted by molar-refractivity contribution is 6.42. The number of nitrogens with one attached hydrogen (secondary N) is 1. The maximum atomic E-state index is 12.4. The summed E-state index contributed by atoms with van der Waals surface area (Å²) in [7, 11) is 0. The zero-order valence-corrected chi connectivity index (χ0v) is 18.4. The molecule has 6 heteroatoms. The molecule has 1 heterocycles. The van der Waals surface area contributed by atoms with Gasteiger partial charge in [-0.3, -0.25) is 4.79 Å². The van der Waals surface area contributed by atoms with Crippen molar-refractivity contribution in [2.45, 2.75) is 19.4 Å². The molecule has 0 bridgehead atoms. The van der Waals surface area contributed by atoms with Crippen LogP contribution in [0, 0.1) is 11.3 Å². The highest BCUT2D eigenvalue weighted by Crippen LogP contribution is 2.35. The summed E-state index contributed by atoms with van der Waals surface area (Å²) in [4.78, 5) is 14.7. The molecule has 0 saturated carbocycles. The minimum atomic E-state index is -0.171. The van der Waals surface area contributed by atoms with Gasteiger partial charge in [0.2, 0.25) is 0 Å². The Bertz CT molecular complexity index is 1170. The Morgan fingerprint density at radius 3 is 2.71 bits per heavy atom. The topological polar surface area (TPSA) is 56.1 Å². The number of hydrogen-bond acceptors (Lipinski definition) is 3. The lowest BCUT2D eigenvalue weighted by Gasteiger charge is -2.21. The second-order valence-corrected chi connectivity index (χ2v) is 8.26. The van der Waals surface area contributed by atoms with Crippen LogP contribution in [0.3, 0.4) is 0 Å². The Balaban J connectivity index is 1.58. The summed E-state index contributed by atoms with van der Waals surface area (Å²) < 4.78 is 0. The van der Waals surface area contributed by atoms with Gasteiger partial charge in [0.25, 0.3) is 5.91 Å². The van der Waals surface area contributed by atoms with E-state index in [1.807, 2.05) is 36.4 Å². The van der Waals surface area contributed by atoms with Crippen LogP contribution in [0.25, 0.3) is 11.1 Å². The van der Waals surface area contributed by atoms with Gasteiger partial charge in [-0.05, 0) is 52.9 Å². The van der Waals surface area contributed by atoms with Gasteiger partial charge in [0.05, 0.1) is 22.5 Å². The molecule has 0 saturated heterocycles. The average Bonchev–Trinajstić information content (AvgIpc) is 3.19. The normalized spacial score (nSPS) is 12.4. The Morgan fingerprint density at radius 2 is 1.87 bits per heavy atom. The van der Waals surface area contributed by atoms with Gasteiger partial charge in [0.15, 0.2) is 0 Å². The van der Waals surface area contributed by atoms with Gasteiger partial charge < -0.3 is 10.2 Å². The van der Waals surface area contributed by atoms with E-state index in [9.17, 15) is 4.79 Å². The highest BCUT2D eigenvalue weighted by atomic mass is 35.5. The van der Waals surface area contributed by atoms with Crippen molar-refractivity contribution in [3.8, 4) is 17.2 Å². The zero-order chi connectivity index (χ0) is 21.8. The number of nitriles is 1. The monoisotopic (exact) mass is 449 g/mol.